The molecule has 2 aromatic carbocycles. The average Bonchev–Trinajstić information content (AvgIpc) is 2.50. The van der Waals surface area contributed by atoms with Crippen LogP contribution >= 0.6 is 0 Å². The number of nitrogens with zero attached hydrogens (tertiary/aromatic N) is 1. The molecular formula is C18H21NO. The number of rotatable bonds is 6. The van der Waals surface area contributed by atoms with E-state index in [0.29, 0.717) is 6.42 Å². The molecule has 0 N–H and O–H groups in total. The molecular weight excluding hydrogens is 246 g/mol. The molecule has 0 atom stereocenters. The van der Waals surface area contributed by atoms with E-state index in [1.807, 2.05) is 65.6 Å². The van der Waals surface area contributed by atoms with Crippen LogP contribution in [-0.2, 0) is 4.79 Å². The van der Waals surface area contributed by atoms with Gasteiger partial charge in [0.15, 0.2) is 0 Å². The molecule has 0 spiro atoms. The molecule has 0 heterocycles. The maximum absolute atomic E-state index is 12.5. The molecule has 0 radical (unpaired) electrons. The third kappa shape index (κ3) is 3.70. The van der Waals surface area contributed by atoms with Gasteiger partial charge in [-0.05, 0) is 30.7 Å². The van der Waals surface area contributed by atoms with Gasteiger partial charge in [0.2, 0.25) is 5.91 Å². The number of para-hydroxylation sites is 2. The molecule has 0 aliphatic rings. The Bertz CT molecular complexity index is 482. The lowest BCUT2D eigenvalue weighted by atomic mass is 10.1. The van der Waals surface area contributed by atoms with E-state index in [-0.39, 0.29) is 5.91 Å². The van der Waals surface area contributed by atoms with Crippen molar-refractivity contribution in [3.8, 4) is 0 Å². The topological polar surface area (TPSA) is 20.3 Å². The van der Waals surface area contributed by atoms with E-state index in [9.17, 15) is 4.79 Å². The smallest absolute Gasteiger partial charge is 0.231 e. The van der Waals surface area contributed by atoms with Crippen LogP contribution in [0.15, 0.2) is 60.7 Å². The fraction of sp³-hybridized carbons (Fsp3) is 0.278. The Labute approximate surface area is 121 Å². The highest BCUT2D eigenvalue weighted by Crippen LogP contribution is 2.26. The minimum absolute atomic E-state index is 0.163. The molecule has 0 unspecified atom stereocenters. The molecule has 20 heavy (non-hydrogen) atoms. The summed E-state index contributed by atoms with van der Waals surface area (Å²) < 4.78 is 0. The maximum atomic E-state index is 12.5. The second kappa shape index (κ2) is 7.49. The summed E-state index contributed by atoms with van der Waals surface area (Å²) in [6, 6.07) is 19.7. The number of hydrogen-bond donors (Lipinski definition) is 0. The van der Waals surface area contributed by atoms with Gasteiger partial charge in [0.05, 0.1) is 0 Å². The summed E-state index contributed by atoms with van der Waals surface area (Å²) in [5.41, 5.74) is 1.86. The molecule has 104 valence electrons. The molecule has 0 aromatic heterocycles. The second-order valence-corrected chi connectivity index (χ2v) is 4.86. The summed E-state index contributed by atoms with van der Waals surface area (Å²) in [5.74, 6) is 0.163. The Morgan fingerprint density at radius 3 is 1.80 bits per heavy atom. The monoisotopic (exact) mass is 267 g/mol. The van der Waals surface area contributed by atoms with E-state index in [4.69, 9.17) is 0 Å². The quantitative estimate of drug-likeness (QED) is 0.679. The van der Waals surface area contributed by atoms with Crippen molar-refractivity contribution in [3.05, 3.63) is 60.7 Å². The van der Waals surface area contributed by atoms with Crippen LogP contribution in [0.1, 0.15) is 32.6 Å². The van der Waals surface area contributed by atoms with Gasteiger partial charge in [-0.3, -0.25) is 9.69 Å². The standard InChI is InChI=1S/C18H21NO/c1-2-3-6-15-18(20)19(16-11-7-4-8-12-16)17-13-9-5-10-14-17/h4-5,7-14H,2-3,6,15H2,1H3. The third-order valence-corrected chi connectivity index (χ3v) is 3.27. The Balaban J connectivity index is 2.23. The predicted octanol–water partition coefficient (Wildman–Crippen LogP) is 4.93. The molecule has 2 aromatic rings. The summed E-state index contributed by atoms with van der Waals surface area (Å²) in [6.07, 6.45) is 3.77. The summed E-state index contributed by atoms with van der Waals surface area (Å²) in [6.45, 7) is 2.15. The van der Waals surface area contributed by atoms with Crippen LogP contribution in [0.5, 0.6) is 0 Å². The van der Waals surface area contributed by atoms with E-state index < -0.39 is 0 Å². The van der Waals surface area contributed by atoms with Crippen molar-refractivity contribution in [1.29, 1.82) is 0 Å². The van der Waals surface area contributed by atoms with E-state index >= 15 is 0 Å². The number of unbranched alkanes of at least 4 members (excludes halogenated alkanes) is 2. The predicted molar refractivity (Wildman–Crippen MR) is 84.2 cm³/mol. The fourth-order valence-electron chi connectivity index (χ4n) is 2.23. The van der Waals surface area contributed by atoms with E-state index in [0.717, 1.165) is 30.6 Å². The van der Waals surface area contributed by atoms with Crippen molar-refractivity contribution >= 4 is 17.3 Å². The van der Waals surface area contributed by atoms with Crippen molar-refractivity contribution < 1.29 is 4.79 Å². The Hall–Kier alpha value is -2.09. The van der Waals surface area contributed by atoms with E-state index in [2.05, 4.69) is 6.92 Å². The lowest BCUT2D eigenvalue weighted by Gasteiger charge is -2.23. The van der Waals surface area contributed by atoms with Crippen LogP contribution in [-0.4, -0.2) is 5.91 Å². The number of amides is 1. The number of carbonyl (C=O) groups is 1. The van der Waals surface area contributed by atoms with Crippen molar-refractivity contribution in [2.45, 2.75) is 32.6 Å². The molecule has 0 aliphatic heterocycles. The second-order valence-electron chi connectivity index (χ2n) is 4.86. The van der Waals surface area contributed by atoms with Crippen molar-refractivity contribution in [1.82, 2.24) is 0 Å². The van der Waals surface area contributed by atoms with Gasteiger partial charge in [-0.1, -0.05) is 56.2 Å². The molecule has 1 amide bonds. The Kier molecular flexibility index (Phi) is 5.36. The zero-order chi connectivity index (χ0) is 14.2. The van der Waals surface area contributed by atoms with Crippen molar-refractivity contribution in [3.63, 3.8) is 0 Å². The number of hydrogen-bond acceptors (Lipinski definition) is 1. The first-order valence-electron chi connectivity index (χ1n) is 7.26. The molecule has 0 saturated heterocycles. The van der Waals surface area contributed by atoms with Gasteiger partial charge in [-0.2, -0.15) is 0 Å². The molecule has 0 bridgehead atoms. The largest absolute Gasteiger partial charge is 0.281 e. The van der Waals surface area contributed by atoms with Gasteiger partial charge in [0.25, 0.3) is 0 Å². The maximum Gasteiger partial charge on any atom is 0.231 e. The Morgan fingerprint density at radius 2 is 1.35 bits per heavy atom. The summed E-state index contributed by atoms with van der Waals surface area (Å²) in [7, 11) is 0. The van der Waals surface area contributed by atoms with Gasteiger partial charge in [0.1, 0.15) is 0 Å². The highest BCUT2D eigenvalue weighted by molar-refractivity contribution is 6.00. The highest BCUT2D eigenvalue weighted by atomic mass is 16.2. The first-order valence-corrected chi connectivity index (χ1v) is 7.26. The van der Waals surface area contributed by atoms with E-state index in [1.54, 1.807) is 0 Å². The van der Waals surface area contributed by atoms with Crippen LogP contribution in [0.25, 0.3) is 0 Å². The summed E-state index contributed by atoms with van der Waals surface area (Å²) in [5, 5.41) is 0. The summed E-state index contributed by atoms with van der Waals surface area (Å²) in [4.78, 5) is 14.4. The molecule has 2 rings (SSSR count). The zero-order valence-corrected chi connectivity index (χ0v) is 12.0. The van der Waals surface area contributed by atoms with E-state index in [1.165, 1.54) is 0 Å². The van der Waals surface area contributed by atoms with Crippen LogP contribution in [0, 0.1) is 0 Å². The lowest BCUT2D eigenvalue weighted by Crippen LogP contribution is -2.25. The molecule has 2 nitrogen and oxygen atoms in total. The van der Waals surface area contributed by atoms with Gasteiger partial charge in [-0.15, -0.1) is 0 Å². The summed E-state index contributed by atoms with van der Waals surface area (Å²) >= 11 is 0. The minimum Gasteiger partial charge on any atom is -0.281 e. The molecule has 0 saturated carbocycles. The molecule has 2 heteroatoms. The first-order chi connectivity index (χ1) is 9.83. The van der Waals surface area contributed by atoms with Gasteiger partial charge < -0.3 is 0 Å². The molecule has 0 aliphatic carbocycles. The number of anilines is 2. The normalized spacial score (nSPS) is 10.2. The average molecular weight is 267 g/mol. The lowest BCUT2D eigenvalue weighted by molar-refractivity contribution is -0.118. The zero-order valence-electron chi connectivity index (χ0n) is 12.0. The van der Waals surface area contributed by atoms with Crippen molar-refractivity contribution in [2.75, 3.05) is 4.90 Å². The van der Waals surface area contributed by atoms with Crippen LogP contribution in [0.3, 0.4) is 0 Å². The van der Waals surface area contributed by atoms with Gasteiger partial charge >= 0.3 is 0 Å². The number of carbonyl (C=O) groups excluding carboxylic acids is 1. The first kappa shape index (κ1) is 14.3. The number of benzene rings is 2. The van der Waals surface area contributed by atoms with Crippen LogP contribution in [0.4, 0.5) is 11.4 Å². The van der Waals surface area contributed by atoms with Gasteiger partial charge in [-0.25, -0.2) is 0 Å². The van der Waals surface area contributed by atoms with Crippen LogP contribution < -0.4 is 4.90 Å². The van der Waals surface area contributed by atoms with Gasteiger partial charge in [0, 0.05) is 17.8 Å². The van der Waals surface area contributed by atoms with Crippen molar-refractivity contribution in [2.24, 2.45) is 0 Å². The molecule has 0 fully saturated rings. The van der Waals surface area contributed by atoms with Crippen LogP contribution in [0.2, 0.25) is 0 Å². The highest BCUT2D eigenvalue weighted by Gasteiger charge is 2.16. The SMILES string of the molecule is CCCCCC(=O)N(c1ccccc1)c1ccccc1. The fourth-order valence-corrected chi connectivity index (χ4v) is 2.23. The Morgan fingerprint density at radius 1 is 0.850 bits per heavy atom. The third-order valence-electron chi connectivity index (χ3n) is 3.27. The minimum atomic E-state index is 0.163.